The summed E-state index contributed by atoms with van der Waals surface area (Å²) in [6, 6.07) is 15.4. The predicted molar refractivity (Wildman–Crippen MR) is 90.8 cm³/mol. The molecule has 0 aromatic heterocycles. The monoisotopic (exact) mass is 317 g/mol. The molecule has 0 radical (unpaired) electrons. The van der Waals surface area contributed by atoms with Gasteiger partial charge >= 0.3 is 0 Å². The van der Waals surface area contributed by atoms with Crippen LogP contribution in [0.25, 0.3) is 0 Å². The molecule has 0 bridgehead atoms. The molecule has 2 aromatic rings. The Hall–Kier alpha value is -1.65. The van der Waals surface area contributed by atoms with E-state index in [1.807, 2.05) is 13.0 Å². The zero-order chi connectivity index (χ0) is 16.3. The number of nitrogens with two attached hydrogens (primary N) is 1. The molecule has 118 valence electrons. The smallest absolute Gasteiger partial charge is 0.175 e. The fourth-order valence-electron chi connectivity index (χ4n) is 2.56. The minimum atomic E-state index is -3.20. The first kappa shape index (κ1) is 16.7. The summed E-state index contributed by atoms with van der Waals surface area (Å²) in [6.45, 7) is 4.02. The van der Waals surface area contributed by atoms with Crippen molar-refractivity contribution in [1.82, 2.24) is 0 Å². The maximum Gasteiger partial charge on any atom is 0.175 e. The number of aryl methyl sites for hydroxylation is 1. The largest absolute Gasteiger partial charge is 0.327 e. The average Bonchev–Trinajstić information content (AvgIpc) is 2.45. The predicted octanol–water partition coefficient (Wildman–Crippen LogP) is 3.07. The van der Waals surface area contributed by atoms with Crippen LogP contribution in [-0.4, -0.2) is 20.7 Å². The van der Waals surface area contributed by atoms with Gasteiger partial charge in [0.25, 0.3) is 0 Å². The van der Waals surface area contributed by atoms with E-state index in [1.165, 1.54) is 17.4 Å². The summed E-state index contributed by atoms with van der Waals surface area (Å²) in [5.41, 5.74) is 9.56. The van der Waals surface area contributed by atoms with Crippen LogP contribution in [0.1, 0.15) is 29.5 Å². The Morgan fingerprint density at radius 2 is 1.73 bits per heavy atom. The average molecular weight is 317 g/mol. The zero-order valence-electron chi connectivity index (χ0n) is 13.3. The first-order chi connectivity index (χ1) is 10.3. The molecule has 0 aliphatic rings. The third-order valence-corrected chi connectivity index (χ3v) is 5.04. The van der Waals surface area contributed by atoms with E-state index in [1.54, 1.807) is 18.2 Å². The SMILES string of the molecule is Cc1ccc(CC(c2cccc(S(C)(=O)=O)c2)C(C)N)cc1. The molecular weight excluding hydrogens is 294 g/mol. The van der Waals surface area contributed by atoms with Crippen molar-refractivity contribution in [2.45, 2.75) is 37.1 Å². The topological polar surface area (TPSA) is 60.2 Å². The summed E-state index contributed by atoms with van der Waals surface area (Å²) in [7, 11) is -3.20. The molecular formula is C18H23NO2S. The van der Waals surface area contributed by atoms with Gasteiger partial charge < -0.3 is 5.73 Å². The van der Waals surface area contributed by atoms with Crippen LogP contribution in [0.15, 0.2) is 53.4 Å². The molecule has 2 rings (SSSR count). The lowest BCUT2D eigenvalue weighted by atomic mass is 9.87. The molecule has 4 heteroatoms. The van der Waals surface area contributed by atoms with Gasteiger partial charge in [-0.05, 0) is 43.5 Å². The van der Waals surface area contributed by atoms with Gasteiger partial charge in [0, 0.05) is 18.2 Å². The Kier molecular flexibility index (Phi) is 5.04. The normalized spacial score (nSPS) is 14.5. The van der Waals surface area contributed by atoms with E-state index in [2.05, 4.69) is 31.2 Å². The minimum absolute atomic E-state index is 0.0592. The second-order valence-corrected chi connectivity index (χ2v) is 8.02. The van der Waals surface area contributed by atoms with E-state index < -0.39 is 9.84 Å². The summed E-state index contributed by atoms with van der Waals surface area (Å²) < 4.78 is 23.5. The quantitative estimate of drug-likeness (QED) is 0.922. The first-order valence-corrected chi connectivity index (χ1v) is 9.27. The van der Waals surface area contributed by atoms with Crippen molar-refractivity contribution in [3.63, 3.8) is 0 Å². The van der Waals surface area contributed by atoms with Crippen LogP contribution in [0.5, 0.6) is 0 Å². The Balaban J connectivity index is 2.34. The molecule has 22 heavy (non-hydrogen) atoms. The van der Waals surface area contributed by atoms with Gasteiger partial charge in [0.05, 0.1) is 4.90 Å². The Morgan fingerprint density at radius 3 is 2.27 bits per heavy atom. The summed E-state index contributed by atoms with van der Waals surface area (Å²) in [4.78, 5) is 0.347. The Morgan fingerprint density at radius 1 is 1.09 bits per heavy atom. The number of sulfone groups is 1. The van der Waals surface area contributed by atoms with Crippen LogP contribution in [0.2, 0.25) is 0 Å². The fraction of sp³-hybridized carbons (Fsp3) is 0.333. The van der Waals surface area contributed by atoms with Crippen molar-refractivity contribution >= 4 is 9.84 Å². The molecule has 2 aromatic carbocycles. The molecule has 2 N–H and O–H groups in total. The van der Waals surface area contributed by atoms with E-state index in [9.17, 15) is 8.42 Å². The van der Waals surface area contributed by atoms with Gasteiger partial charge in [-0.2, -0.15) is 0 Å². The van der Waals surface area contributed by atoms with Gasteiger partial charge in [-0.1, -0.05) is 42.0 Å². The zero-order valence-corrected chi connectivity index (χ0v) is 14.1. The third-order valence-electron chi connectivity index (χ3n) is 3.93. The molecule has 0 saturated heterocycles. The van der Waals surface area contributed by atoms with Crippen LogP contribution in [0.4, 0.5) is 0 Å². The summed E-state index contributed by atoms with van der Waals surface area (Å²) in [6.07, 6.45) is 2.03. The highest BCUT2D eigenvalue weighted by Crippen LogP contribution is 2.26. The highest BCUT2D eigenvalue weighted by atomic mass is 32.2. The van der Waals surface area contributed by atoms with Gasteiger partial charge in [0.1, 0.15) is 0 Å². The first-order valence-electron chi connectivity index (χ1n) is 7.38. The van der Waals surface area contributed by atoms with Crippen molar-refractivity contribution in [1.29, 1.82) is 0 Å². The van der Waals surface area contributed by atoms with Crippen LogP contribution in [-0.2, 0) is 16.3 Å². The molecule has 3 nitrogen and oxygen atoms in total. The van der Waals surface area contributed by atoms with Gasteiger partial charge in [-0.25, -0.2) is 8.42 Å². The second kappa shape index (κ2) is 6.63. The lowest BCUT2D eigenvalue weighted by Crippen LogP contribution is -2.26. The van der Waals surface area contributed by atoms with E-state index >= 15 is 0 Å². The lowest BCUT2D eigenvalue weighted by molar-refractivity contribution is 0.563. The molecule has 0 spiro atoms. The van der Waals surface area contributed by atoms with Crippen molar-refractivity contribution in [3.8, 4) is 0 Å². The number of hydrogen-bond donors (Lipinski definition) is 1. The lowest BCUT2D eigenvalue weighted by Gasteiger charge is -2.22. The molecule has 2 atom stereocenters. The molecule has 0 fully saturated rings. The van der Waals surface area contributed by atoms with E-state index in [0.29, 0.717) is 4.90 Å². The van der Waals surface area contributed by atoms with Gasteiger partial charge in [0.15, 0.2) is 9.84 Å². The molecule has 0 aliphatic heterocycles. The number of benzene rings is 2. The van der Waals surface area contributed by atoms with Crippen molar-refractivity contribution < 1.29 is 8.42 Å². The van der Waals surface area contributed by atoms with Crippen LogP contribution >= 0.6 is 0 Å². The summed E-state index contributed by atoms with van der Waals surface area (Å²) in [5.74, 6) is 0.0874. The number of hydrogen-bond acceptors (Lipinski definition) is 3. The van der Waals surface area contributed by atoms with Crippen LogP contribution < -0.4 is 5.73 Å². The molecule has 0 aliphatic carbocycles. The standard InChI is InChI=1S/C18H23NO2S/c1-13-7-9-15(10-8-13)11-18(14(2)19)16-5-4-6-17(12-16)22(3,20)21/h4-10,12,14,18H,11,19H2,1-3H3. The van der Waals surface area contributed by atoms with E-state index in [0.717, 1.165) is 12.0 Å². The van der Waals surface area contributed by atoms with Gasteiger partial charge in [0.2, 0.25) is 0 Å². The van der Waals surface area contributed by atoms with Crippen molar-refractivity contribution in [2.75, 3.05) is 6.26 Å². The van der Waals surface area contributed by atoms with Crippen molar-refractivity contribution in [3.05, 3.63) is 65.2 Å². The van der Waals surface area contributed by atoms with Crippen LogP contribution in [0.3, 0.4) is 0 Å². The second-order valence-electron chi connectivity index (χ2n) is 6.00. The highest BCUT2D eigenvalue weighted by Gasteiger charge is 2.19. The minimum Gasteiger partial charge on any atom is -0.327 e. The van der Waals surface area contributed by atoms with Gasteiger partial charge in [-0.15, -0.1) is 0 Å². The molecule has 0 heterocycles. The molecule has 2 unspecified atom stereocenters. The summed E-state index contributed by atoms with van der Waals surface area (Å²) >= 11 is 0. The fourth-order valence-corrected chi connectivity index (χ4v) is 3.24. The molecule has 0 amide bonds. The maximum atomic E-state index is 11.7. The third kappa shape index (κ3) is 4.18. The van der Waals surface area contributed by atoms with E-state index in [4.69, 9.17) is 5.73 Å². The highest BCUT2D eigenvalue weighted by molar-refractivity contribution is 7.90. The summed E-state index contributed by atoms with van der Waals surface area (Å²) in [5, 5.41) is 0. The Bertz CT molecular complexity index is 734. The van der Waals surface area contributed by atoms with Crippen molar-refractivity contribution in [2.24, 2.45) is 5.73 Å². The Labute approximate surface area is 133 Å². The number of rotatable bonds is 5. The van der Waals surface area contributed by atoms with E-state index in [-0.39, 0.29) is 12.0 Å². The van der Waals surface area contributed by atoms with Gasteiger partial charge in [-0.3, -0.25) is 0 Å². The maximum absolute atomic E-state index is 11.7. The molecule has 0 saturated carbocycles. The van der Waals surface area contributed by atoms with Crippen LogP contribution in [0, 0.1) is 6.92 Å².